The average molecular weight is 243 g/mol. The summed E-state index contributed by atoms with van der Waals surface area (Å²) in [6.45, 7) is 6.79. The minimum absolute atomic E-state index is 0.288. The van der Waals surface area contributed by atoms with Crippen LogP contribution < -0.4 is 4.74 Å². The van der Waals surface area contributed by atoms with E-state index in [-0.39, 0.29) is 6.04 Å². The third-order valence-corrected chi connectivity index (χ3v) is 2.80. The van der Waals surface area contributed by atoms with Crippen LogP contribution in [0, 0.1) is 11.3 Å². The van der Waals surface area contributed by atoms with E-state index in [1.165, 1.54) is 0 Å². The van der Waals surface area contributed by atoms with Crippen LogP contribution in [0.25, 0.3) is 11.0 Å². The molecule has 4 nitrogen and oxygen atoms in total. The second-order valence-corrected chi connectivity index (χ2v) is 4.41. The van der Waals surface area contributed by atoms with Crippen molar-refractivity contribution in [3.05, 3.63) is 24.0 Å². The zero-order chi connectivity index (χ0) is 13.1. The smallest absolute Gasteiger partial charge is 0.124 e. The Morgan fingerprint density at radius 2 is 2.22 bits per heavy atom. The molecule has 0 radical (unpaired) electrons. The largest absolute Gasteiger partial charge is 0.494 e. The summed E-state index contributed by atoms with van der Waals surface area (Å²) in [5, 5.41) is 8.86. The fourth-order valence-electron chi connectivity index (χ4n) is 2.16. The van der Waals surface area contributed by atoms with Crippen LogP contribution in [0.15, 0.2) is 18.2 Å². The Hall–Kier alpha value is -2.02. The Morgan fingerprint density at radius 1 is 1.44 bits per heavy atom. The van der Waals surface area contributed by atoms with Gasteiger partial charge < -0.3 is 9.30 Å². The summed E-state index contributed by atoms with van der Waals surface area (Å²) in [6.07, 6.45) is 0.330. The van der Waals surface area contributed by atoms with Gasteiger partial charge in [-0.05, 0) is 32.9 Å². The molecule has 0 fully saturated rings. The number of hydrogen-bond donors (Lipinski definition) is 0. The molecule has 2 rings (SSSR count). The maximum absolute atomic E-state index is 8.86. The van der Waals surface area contributed by atoms with E-state index < -0.39 is 0 Å². The number of ether oxygens (including phenoxy) is 1. The highest BCUT2D eigenvalue weighted by Gasteiger charge is 2.13. The highest BCUT2D eigenvalue weighted by Crippen LogP contribution is 2.25. The topological polar surface area (TPSA) is 50.8 Å². The molecular formula is C14H17N3O. The Balaban J connectivity index is 2.57. The molecule has 18 heavy (non-hydrogen) atoms. The van der Waals surface area contributed by atoms with Crippen LogP contribution in [0.1, 0.15) is 32.6 Å². The van der Waals surface area contributed by atoms with E-state index in [1.807, 2.05) is 25.1 Å². The molecule has 1 aromatic heterocycles. The van der Waals surface area contributed by atoms with Crippen LogP contribution in [0.5, 0.6) is 5.75 Å². The summed E-state index contributed by atoms with van der Waals surface area (Å²) in [5.41, 5.74) is 1.94. The minimum Gasteiger partial charge on any atom is -0.494 e. The predicted molar refractivity (Wildman–Crippen MR) is 70.6 cm³/mol. The van der Waals surface area contributed by atoms with E-state index in [0.717, 1.165) is 22.6 Å². The van der Waals surface area contributed by atoms with Gasteiger partial charge in [-0.1, -0.05) is 0 Å². The van der Waals surface area contributed by atoms with Gasteiger partial charge in [-0.2, -0.15) is 5.26 Å². The highest BCUT2D eigenvalue weighted by molar-refractivity contribution is 5.78. The van der Waals surface area contributed by atoms with Crippen molar-refractivity contribution in [3.8, 4) is 11.8 Å². The molecule has 0 saturated heterocycles. The first kappa shape index (κ1) is 12.4. The van der Waals surface area contributed by atoms with Crippen LogP contribution in [0.3, 0.4) is 0 Å². The van der Waals surface area contributed by atoms with Crippen molar-refractivity contribution in [2.45, 2.75) is 33.2 Å². The molecule has 2 aromatic rings. The zero-order valence-electron chi connectivity index (χ0n) is 11.0. The van der Waals surface area contributed by atoms with Gasteiger partial charge in [0, 0.05) is 12.1 Å². The van der Waals surface area contributed by atoms with Gasteiger partial charge in [0.15, 0.2) is 0 Å². The van der Waals surface area contributed by atoms with Gasteiger partial charge in [0.1, 0.15) is 11.6 Å². The number of nitrogens with zero attached hydrogens (tertiary/aromatic N) is 3. The fourth-order valence-corrected chi connectivity index (χ4v) is 2.16. The van der Waals surface area contributed by atoms with Crippen molar-refractivity contribution >= 4 is 11.0 Å². The van der Waals surface area contributed by atoms with Crippen molar-refractivity contribution in [2.24, 2.45) is 0 Å². The van der Waals surface area contributed by atoms with Gasteiger partial charge in [-0.15, -0.1) is 0 Å². The number of rotatable bonds is 4. The Bertz CT molecular complexity index is 593. The maximum atomic E-state index is 8.86. The monoisotopic (exact) mass is 243 g/mol. The molecule has 94 valence electrons. The molecule has 0 aliphatic heterocycles. The summed E-state index contributed by atoms with van der Waals surface area (Å²) >= 11 is 0. The first-order valence-corrected chi connectivity index (χ1v) is 6.18. The quantitative estimate of drug-likeness (QED) is 0.829. The van der Waals surface area contributed by atoms with Gasteiger partial charge >= 0.3 is 0 Å². The van der Waals surface area contributed by atoms with Gasteiger partial charge in [0.05, 0.1) is 30.1 Å². The van der Waals surface area contributed by atoms with E-state index in [0.29, 0.717) is 13.0 Å². The van der Waals surface area contributed by atoms with E-state index >= 15 is 0 Å². The number of fused-ring (bicyclic) bond motifs is 1. The van der Waals surface area contributed by atoms with E-state index in [1.54, 1.807) is 0 Å². The number of imidazole rings is 1. The Labute approximate surface area is 107 Å². The molecule has 0 bridgehead atoms. The lowest BCUT2D eigenvalue weighted by Crippen LogP contribution is -2.05. The first-order chi connectivity index (χ1) is 8.67. The summed E-state index contributed by atoms with van der Waals surface area (Å²) in [5.74, 6) is 1.64. The molecule has 4 heteroatoms. The Kier molecular flexibility index (Phi) is 3.52. The third-order valence-electron chi connectivity index (χ3n) is 2.80. The van der Waals surface area contributed by atoms with Crippen molar-refractivity contribution < 1.29 is 4.74 Å². The van der Waals surface area contributed by atoms with Gasteiger partial charge in [0.2, 0.25) is 0 Å². The van der Waals surface area contributed by atoms with Gasteiger partial charge in [-0.25, -0.2) is 4.98 Å². The standard InChI is InChI=1S/C14H17N3O/c1-4-18-11-5-6-13-12(9-11)16-14(7-8-15)17(13)10(2)3/h5-6,9-10H,4,7H2,1-3H3. The second-order valence-electron chi connectivity index (χ2n) is 4.41. The lowest BCUT2D eigenvalue weighted by Gasteiger charge is -2.11. The normalized spacial score (nSPS) is 10.8. The van der Waals surface area contributed by atoms with Crippen LogP contribution in [-0.2, 0) is 6.42 Å². The molecule has 0 saturated carbocycles. The molecule has 0 unspecified atom stereocenters. The summed E-state index contributed by atoms with van der Waals surface area (Å²) < 4.78 is 7.57. The Morgan fingerprint density at radius 3 is 2.83 bits per heavy atom. The van der Waals surface area contributed by atoms with Crippen molar-refractivity contribution in [1.82, 2.24) is 9.55 Å². The summed E-state index contributed by atoms with van der Waals surface area (Å²) in [4.78, 5) is 4.53. The van der Waals surface area contributed by atoms with Crippen LogP contribution in [-0.4, -0.2) is 16.2 Å². The second kappa shape index (κ2) is 5.09. The van der Waals surface area contributed by atoms with Crippen LogP contribution in [0.2, 0.25) is 0 Å². The molecule has 0 aliphatic rings. The highest BCUT2D eigenvalue weighted by atomic mass is 16.5. The molecule has 0 atom stereocenters. The number of hydrogen-bond acceptors (Lipinski definition) is 3. The lowest BCUT2D eigenvalue weighted by atomic mass is 10.2. The number of aromatic nitrogens is 2. The fraction of sp³-hybridized carbons (Fsp3) is 0.429. The van der Waals surface area contributed by atoms with Crippen molar-refractivity contribution in [1.29, 1.82) is 5.26 Å². The molecule has 0 spiro atoms. The molecule has 0 aliphatic carbocycles. The SMILES string of the molecule is CCOc1ccc2c(c1)nc(CC#N)n2C(C)C. The first-order valence-electron chi connectivity index (χ1n) is 6.18. The molecule has 0 N–H and O–H groups in total. The number of benzene rings is 1. The minimum atomic E-state index is 0.288. The zero-order valence-corrected chi connectivity index (χ0v) is 11.0. The van der Waals surface area contributed by atoms with E-state index in [4.69, 9.17) is 10.00 Å². The summed E-state index contributed by atoms with van der Waals surface area (Å²) in [6, 6.07) is 8.34. The predicted octanol–water partition coefficient (Wildman–Crippen LogP) is 3.08. The molecular weight excluding hydrogens is 226 g/mol. The average Bonchev–Trinajstić information content (AvgIpc) is 2.67. The molecule has 1 heterocycles. The maximum Gasteiger partial charge on any atom is 0.124 e. The third kappa shape index (κ3) is 2.17. The molecule has 0 amide bonds. The number of nitriles is 1. The van der Waals surface area contributed by atoms with E-state index in [9.17, 15) is 0 Å². The van der Waals surface area contributed by atoms with Crippen LogP contribution >= 0.6 is 0 Å². The van der Waals surface area contributed by atoms with E-state index in [2.05, 4.69) is 29.5 Å². The molecule has 1 aromatic carbocycles. The summed E-state index contributed by atoms with van der Waals surface area (Å²) in [7, 11) is 0. The lowest BCUT2D eigenvalue weighted by molar-refractivity contribution is 0.340. The van der Waals surface area contributed by atoms with Gasteiger partial charge in [0.25, 0.3) is 0 Å². The van der Waals surface area contributed by atoms with Gasteiger partial charge in [-0.3, -0.25) is 0 Å². The van der Waals surface area contributed by atoms with Crippen molar-refractivity contribution in [3.63, 3.8) is 0 Å². The van der Waals surface area contributed by atoms with Crippen molar-refractivity contribution in [2.75, 3.05) is 6.61 Å². The van der Waals surface area contributed by atoms with Crippen LogP contribution in [0.4, 0.5) is 0 Å².